The lowest BCUT2D eigenvalue weighted by Crippen LogP contribution is -2.48. The van der Waals surface area contributed by atoms with E-state index in [1.54, 1.807) is 6.08 Å². The van der Waals surface area contributed by atoms with Gasteiger partial charge in [0.05, 0.1) is 12.0 Å². The second-order valence-corrected chi connectivity index (χ2v) is 12.1. The van der Waals surface area contributed by atoms with E-state index in [0.29, 0.717) is 5.92 Å². The topological polar surface area (TPSA) is 26.3 Å². The molecule has 2 bridgehead atoms. The van der Waals surface area contributed by atoms with Gasteiger partial charge in [0, 0.05) is 5.92 Å². The van der Waals surface area contributed by atoms with Crippen molar-refractivity contribution in [2.45, 2.75) is 51.4 Å². The maximum atomic E-state index is 12.3. The molecule has 0 heterocycles. The molecule has 110 valence electrons. The monoisotopic (exact) mass is 290 g/mol. The third kappa shape index (κ3) is 3.04. The van der Waals surface area contributed by atoms with Crippen molar-refractivity contribution in [3.8, 4) is 0 Å². The molecule has 2 nitrogen and oxygen atoms in total. The summed E-state index contributed by atoms with van der Waals surface area (Å²) in [6.07, 6.45) is 12.8. The van der Waals surface area contributed by atoms with Crippen LogP contribution in [0.25, 0.3) is 0 Å². The molecule has 0 saturated heterocycles. The van der Waals surface area contributed by atoms with Gasteiger partial charge in [0.15, 0.2) is 14.1 Å². The highest BCUT2D eigenvalue weighted by molar-refractivity contribution is 6.74. The number of ketones is 1. The van der Waals surface area contributed by atoms with Gasteiger partial charge in [0.2, 0.25) is 0 Å². The number of rotatable bonds is 2. The van der Waals surface area contributed by atoms with Gasteiger partial charge in [-0.15, -0.1) is 0 Å². The Bertz CT molecular complexity index is 466. The predicted molar refractivity (Wildman–Crippen MR) is 86.1 cm³/mol. The Kier molecular flexibility index (Phi) is 4.21. The molecule has 0 aromatic heterocycles. The van der Waals surface area contributed by atoms with Gasteiger partial charge in [-0.3, -0.25) is 4.79 Å². The zero-order chi connectivity index (χ0) is 15.0. The SMILES string of the molecule is CC(C)(C)[Si](C)(C)O[C@@H]1[C@@H]2C=CC=C[C@H]1C(=O)C=CC2. The van der Waals surface area contributed by atoms with Crippen LogP contribution in [0.5, 0.6) is 0 Å². The number of hydrogen-bond donors (Lipinski definition) is 0. The first kappa shape index (κ1) is 15.5. The van der Waals surface area contributed by atoms with Crippen LogP contribution in [0.15, 0.2) is 36.5 Å². The van der Waals surface area contributed by atoms with Crippen LogP contribution < -0.4 is 0 Å². The summed E-state index contributed by atoms with van der Waals surface area (Å²) in [7, 11) is -1.88. The van der Waals surface area contributed by atoms with Gasteiger partial charge in [-0.1, -0.05) is 51.2 Å². The minimum absolute atomic E-state index is 0.0200. The summed E-state index contributed by atoms with van der Waals surface area (Å²) >= 11 is 0. The Hall–Kier alpha value is -0.933. The van der Waals surface area contributed by atoms with Crippen molar-refractivity contribution in [2.24, 2.45) is 11.8 Å². The van der Waals surface area contributed by atoms with E-state index in [1.807, 2.05) is 18.2 Å². The van der Waals surface area contributed by atoms with Gasteiger partial charge in [-0.25, -0.2) is 0 Å². The Labute approximate surface area is 123 Å². The molecule has 2 aliphatic rings. The first-order chi connectivity index (χ1) is 9.22. The smallest absolute Gasteiger partial charge is 0.192 e. The highest BCUT2D eigenvalue weighted by Crippen LogP contribution is 2.41. The van der Waals surface area contributed by atoms with Crippen molar-refractivity contribution in [3.05, 3.63) is 36.5 Å². The molecule has 0 aromatic carbocycles. The zero-order valence-electron chi connectivity index (χ0n) is 13.2. The van der Waals surface area contributed by atoms with Crippen molar-refractivity contribution in [3.63, 3.8) is 0 Å². The number of hydrogen-bond acceptors (Lipinski definition) is 2. The van der Waals surface area contributed by atoms with E-state index in [9.17, 15) is 4.79 Å². The van der Waals surface area contributed by atoms with E-state index < -0.39 is 8.32 Å². The number of allylic oxidation sites excluding steroid dienone is 4. The van der Waals surface area contributed by atoms with E-state index in [4.69, 9.17) is 4.43 Å². The van der Waals surface area contributed by atoms with Crippen LogP contribution >= 0.6 is 0 Å². The molecule has 0 radical (unpaired) electrons. The van der Waals surface area contributed by atoms with E-state index in [0.717, 1.165) is 6.42 Å². The standard InChI is InChI=1S/C17H26O2Si/c1-17(2,3)20(4,5)19-16-13-9-6-7-11-14(16)15(18)12-8-10-13/h6-9,11-14,16H,10H2,1-5H3/t13-,14+,16-/m1/s1. The lowest BCUT2D eigenvalue weighted by molar-refractivity contribution is -0.119. The van der Waals surface area contributed by atoms with E-state index in [1.165, 1.54) is 0 Å². The average molecular weight is 290 g/mol. The Morgan fingerprint density at radius 3 is 2.50 bits per heavy atom. The average Bonchev–Trinajstić information content (AvgIpc) is 2.58. The number of carbonyl (C=O) groups is 1. The molecule has 0 unspecified atom stereocenters. The molecule has 0 spiro atoms. The quantitative estimate of drug-likeness (QED) is 0.710. The van der Waals surface area contributed by atoms with Gasteiger partial charge < -0.3 is 4.43 Å². The minimum Gasteiger partial charge on any atom is -0.412 e. The molecule has 20 heavy (non-hydrogen) atoms. The Morgan fingerprint density at radius 1 is 1.20 bits per heavy atom. The maximum absolute atomic E-state index is 12.3. The molecule has 2 rings (SSSR count). The van der Waals surface area contributed by atoms with E-state index >= 15 is 0 Å². The molecule has 0 aromatic rings. The van der Waals surface area contributed by atoms with Crippen LogP contribution in [0.1, 0.15) is 27.2 Å². The molecule has 0 aliphatic heterocycles. The van der Waals surface area contributed by atoms with E-state index in [-0.39, 0.29) is 22.8 Å². The summed E-state index contributed by atoms with van der Waals surface area (Å²) in [6, 6.07) is 0. The molecular weight excluding hydrogens is 264 g/mol. The van der Waals surface area contributed by atoms with E-state index in [2.05, 4.69) is 46.0 Å². The number of fused-ring (bicyclic) bond motifs is 2. The highest BCUT2D eigenvalue weighted by atomic mass is 28.4. The van der Waals surface area contributed by atoms with Crippen molar-refractivity contribution in [2.75, 3.05) is 0 Å². The second kappa shape index (κ2) is 5.45. The highest BCUT2D eigenvalue weighted by Gasteiger charge is 2.43. The largest absolute Gasteiger partial charge is 0.412 e. The molecule has 3 heteroatoms. The van der Waals surface area contributed by atoms with Crippen molar-refractivity contribution < 1.29 is 9.22 Å². The fraction of sp³-hybridized carbons (Fsp3) is 0.588. The Balaban J connectivity index is 2.31. The van der Waals surface area contributed by atoms with Crippen LogP contribution in [0.3, 0.4) is 0 Å². The van der Waals surface area contributed by atoms with Gasteiger partial charge in [-0.05, 0) is 30.6 Å². The fourth-order valence-corrected chi connectivity index (χ4v) is 3.83. The summed E-state index contributed by atoms with van der Waals surface area (Å²) in [5.41, 5.74) is 0. The number of carbonyl (C=O) groups excluding carboxylic acids is 1. The third-order valence-corrected chi connectivity index (χ3v) is 9.29. The summed E-state index contributed by atoms with van der Waals surface area (Å²) in [5, 5.41) is 0.159. The summed E-state index contributed by atoms with van der Waals surface area (Å²) in [6.45, 7) is 11.2. The molecule has 0 N–H and O–H groups in total. The van der Waals surface area contributed by atoms with Crippen LogP contribution in [0, 0.1) is 11.8 Å². The van der Waals surface area contributed by atoms with Crippen LogP contribution in [-0.2, 0) is 9.22 Å². The van der Waals surface area contributed by atoms with Gasteiger partial charge in [0.25, 0.3) is 0 Å². The normalized spacial score (nSPS) is 30.2. The Morgan fingerprint density at radius 2 is 1.85 bits per heavy atom. The third-order valence-electron chi connectivity index (χ3n) is 4.82. The first-order valence-corrected chi connectivity index (χ1v) is 10.4. The van der Waals surface area contributed by atoms with Crippen molar-refractivity contribution in [1.29, 1.82) is 0 Å². The van der Waals surface area contributed by atoms with Gasteiger partial charge >= 0.3 is 0 Å². The molecule has 2 aliphatic carbocycles. The molecular formula is C17H26O2Si. The second-order valence-electron chi connectivity index (χ2n) is 7.34. The minimum atomic E-state index is -1.88. The molecule has 0 amide bonds. The summed E-state index contributed by atoms with van der Waals surface area (Å²) in [5.74, 6) is 0.339. The zero-order valence-corrected chi connectivity index (χ0v) is 14.2. The molecule has 0 saturated carbocycles. The van der Waals surface area contributed by atoms with Crippen LogP contribution in [-0.4, -0.2) is 20.2 Å². The van der Waals surface area contributed by atoms with Crippen LogP contribution in [0.2, 0.25) is 18.1 Å². The van der Waals surface area contributed by atoms with Gasteiger partial charge in [0.1, 0.15) is 0 Å². The first-order valence-electron chi connectivity index (χ1n) is 7.45. The molecule has 0 fully saturated rings. The van der Waals surface area contributed by atoms with Crippen molar-refractivity contribution in [1.82, 2.24) is 0 Å². The fourth-order valence-electron chi connectivity index (χ4n) is 2.48. The van der Waals surface area contributed by atoms with Crippen LogP contribution in [0.4, 0.5) is 0 Å². The predicted octanol–water partition coefficient (Wildman–Crippen LogP) is 4.26. The lowest BCUT2D eigenvalue weighted by Gasteiger charge is -2.42. The van der Waals surface area contributed by atoms with Crippen molar-refractivity contribution >= 4 is 14.1 Å². The molecule has 3 atom stereocenters. The summed E-state index contributed by atoms with van der Waals surface area (Å²) in [4.78, 5) is 12.3. The van der Waals surface area contributed by atoms with Gasteiger partial charge in [-0.2, -0.15) is 0 Å². The maximum Gasteiger partial charge on any atom is 0.192 e. The summed E-state index contributed by atoms with van der Waals surface area (Å²) < 4.78 is 6.62. The lowest BCUT2D eigenvalue weighted by atomic mass is 9.89.